The van der Waals surface area contributed by atoms with Crippen molar-refractivity contribution in [2.45, 2.75) is 6.54 Å². The van der Waals surface area contributed by atoms with Crippen molar-refractivity contribution in [2.75, 3.05) is 11.4 Å². The molecule has 0 unspecified atom stereocenters. The molecule has 0 atom stereocenters. The van der Waals surface area contributed by atoms with Crippen molar-refractivity contribution >= 4 is 23.3 Å². The Morgan fingerprint density at radius 1 is 1.50 bits per heavy atom. The van der Waals surface area contributed by atoms with Crippen LogP contribution < -0.4 is 4.90 Å². The standard InChI is InChI=1S/C11H10ClN3O3/c12-8-2-1-3-9(4-8)15(6-11(16)17)5-10-13-7-18-14-10/h1-4,7H,5-6H2,(H,16,17). The van der Waals surface area contributed by atoms with Crippen LogP contribution in [-0.2, 0) is 11.3 Å². The van der Waals surface area contributed by atoms with Crippen molar-refractivity contribution in [3.05, 3.63) is 41.5 Å². The Labute approximate surface area is 108 Å². The predicted octanol–water partition coefficient (Wildman–Crippen LogP) is 1.81. The molecule has 1 aromatic heterocycles. The first-order valence-electron chi connectivity index (χ1n) is 5.12. The van der Waals surface area contributed by atoms with Gasteiger partial charge in [-0.2, -0.15) is 4.98 Å². The fraction of sp³-hybridized carbons (Fsp3) is 0.182. The number of carboxylic acids is 1. The van der Waals surface area contributed by atoms with E-state index in [1.54, 1.807) is 29.2 Å². The fourth-order valence-corrected chi connectivity index (χ4v) is 1.69. The smallest absolute Gasteiger partial charge is 0.323 e. The van der Waals surface area contributed by atoms with Crippen molar-refractivity contribution < 1.29 is 14.4 Å². The predicted molar refractivity (Wildman–Crippen MR) is 64.4 cm³/mol. The molecule has 0 saturated carbocycles. The molecular formula is C11H10ClN3O3. The average Bonchev–Trinajstić information content (AvgIpc) is 2.80. The fourth-order valence-electron chi connectivity index (χ4n) is 1.51. The Morgan fingerprint density at radius 2 is 2.33 bits per heavy atom. The molecule has 0 aliphatic rings. The number of aliphatic carboxylic acids is 1. The number of rotatable bonds is 5. The summed E-state index contributed by atoms with van der Waals surface area (Å²) < 4.78 is 4.62. The maximum absolute atomic E-state index is 10.9. The molecule has 0 amide bonds. The van der Waals surface area contributed by atoms with Crippen molar-refractivity contribution in [3.63, 3.8) is 0 Å². The molecular weight excluding hydrogens is 258 g/mol. The lowest BCUT2D eigenvalue weighted by atomic mass is 10.3. The summed E-state index contributed by atoms with van der Waals surface area (Å²) in [6, 6.07) is 6.93. The lowest BCUT2D eigenvalue weighted by Crippen LogP contribution is -2.29. The monoisotopic (exact) mass is 267 g/mol. The molecule has 0 bridgehead atoms. The van der Waals surface area contributed by atoms with Gasteiger partial charge in [0.2, 0.25) is 6.39 Å². The third-order valence-corrected chi connectivity index (χ3v) is 2.47. The number of hydrogen-bond donors (Lipinski definition) is 1. The zero-order valence-corrected chi connectivity index (χ0v) is 10.0. The molecule has 1 aromatic carbocycles. The number of benzene rings is 1. The summed E-state index contributed by atoms with van der Waals surface area (Å²) in [6.07, 6.45) is 1.20. The second-order valence-corrected chi connectivity index (χ2v) is 4.01. The SMILES string of the molecule is O=C(O)CN(Cc1ncon1)c1cccc(Cl)c1. The minimum atomic E-state index is -0.946. The molecule has 7 heteroatoms. The van der Waals surface area contributed by atoms with Gasteiger partial charge in [-0.1, -0.05) is 22.8 Å². The van der Waals surface area contributed by atoms with Crippen LogP contribution in [0, 0.1) is 0 Å². The van der Waals surface area contributed by atoms with E-state index in [0.717, 1.165) is 0 Å². The van der Waals surface area contributed by atoms with E-state index in [1.807, 2.05) is 0 Å². The minimum Gasteiger partial charge on any atom is -0.480 e. The van der Waals surface area contributed by atoms with Gasteiger partial charge in [0.15, 0.2) is 5.82 Å². The topological polar surface area (TPSA) is 79.5 Å². The van der Waals surface area contributed by atoms with Crippen LogP contribution in [0.15, 0.2) is 35.2 Å². The second kappa shape index (κ2) is 5.50. The van der Waals surface area contributed by atoms with Crippen LogP contribution in [0.2, 0.25) is 5.02 Å². The molecule has 0 fully saturated rings. The largest absolute Gasteiger partial charge is 0.480 e. The maximum atomic E-state index is 10.9. The molecule has 1 heterocycles. The summed E-state index contributed by atoms with van der Waals surface area (Å²) in [4.78, 5) is 16.3. The Hall–Kier alpha value is -2.08. The van der Waals surface area contributed by atoms with Gasteiger partial charge in [-0.05, 0) is 18.2 Å². The summed E-state index contributed by atoms with van der Waals surface area (Å²) in [5, 5.41) is 13.1. The first-order valence-corrected chi connectivity index (χ1v) is 5.50. The van der Waals surface area contributed by atoms with Gasteiger partial charge in [0.25, 0.3) is 0 Å². The Morgan fingerprint density at radius 3 is 2.94 bits per heavy atom. The zero-order chi connectivity index (χ0) is 13.0. The molecule has 2 aromatic rings. The average molecular weight is 268 g/mol. The summed E-state index contributed by atoms with van der Waals surface area (Å²) >= 11 is 5.88. The Balaban J connectivity index is 2.21. The summed E-state index contributed by atoms with van der Waals surface area (Å²) in [6.45, 7) is 0.0675. The number of carbonyl (C=O) groups is 1. The number of anilines is 1. The van der Waals surface area contributed by atoms with Gasteiger partial charge in [0.05, 0.1) is 6.54 Å². The first kappa shape index (κ1) is 12.4. The van der Waals surface area contributed by atoms with Gasteiger partial charge >= 0.3 is 5.97 Å². The molecule has 1 N–H and O–H groups in total. The van der Waals surface area contributed by atoms with Crippen molar-refractivity contribution in [1.82, 2.24) is 10.1 Å². The van der Waals surface area contributed by atoms with Gasteiger partial charge < -0.3 is 14.5 Å². The molecule has 2 rings (SSSR count). The Bertz CT molecular complexity index is 530. The quantitative estimate of drug-likeness (QED) is 0.890. The molecule has 18 heavy (non-hydrogen) atoms. The van der Waals surface area contributed by atoms with E-state index in [0.29, 0.717) is 16.5 Å². The van der Waals surface area contributed by atoms with E-state index in [9.17, 15) is 4.79 Å². The summed E-state index contributed by atoms with van der Waals surface area (Å²) in [7, 11) is 0. The number of nitrogens with zero attached hydrogens (tertiary/aromatic N) is 3. The van der Waals surface area contributed by atoms with Crippen LogP contribution in [0.5, 0.6) is 0 Å². The lowest BCUT2D eigenvalue weighted by molar-refractivity contribution is -0.135. The highest BCUT2D eigenvalue weighted by Crippen LogP contribution is 2.20. The number of aromatic nitrogens is 2. The van der Waals surface area contributed by atoms with Crippen molar-refractivity contribution in [1.29, 1.82) is 0 Å². The molecule has 0 aliphatic heterocycles. The molecule has 0 spiro atoms. The van der Waals surface area contributed by atoms with E-state index in [-0.39, 0.29) is 13.1 Å². The number of hydrogen-bond acceptors (Lipinski definition) is 5. The number of halogens is 1. The van der Waals surface area contributed by atoms with E-state index in [2.05, 4.69) is 14.7 Å². The molecule has 94 valence electrons. The number of carboxylic acid groups (broad SMARTS) is 1. The van der Waals surface area contributed by atoms with E-state index in [1.165, 1.54) is 6.39 Å². The van der Waals surface area contributed by atoms with Crippen LogP contribution in [0.4, 0.5) is 5.69 Å². The first-order chi connectivity index (χ1) is 8.65. The molecule has 6 nitrogen and oxygen atoms in total. The van der Waals surface area contributed by atoms with Crippen LogP contribution in [0.25, 0.3) is 0 Å². The molecule has 0 radical (unpaired) electrons. The normalized spacial score (nSPS) is 10.3. The highest BCUT2D eigenvalue weighted by molar-refractivity contribution is 6.30. The van der Waals surface area contributed by atoms with Crippen LogP contribution >= 0.6 is 11.6 Å². The molecule has 0 aliphatic carbocycles. The molecule has 0 saturated heterocycles. The van der Waals surface area contributed by atoms with Gasteiger partial charge in [0.1, 0.15) is 6.54 Å². The van der Waals surface area contributed by atoms with Crippen LogP contribution in [-0.4, -0.2) is 27.8 Å². The summed E-state index contributed by atoms with van der Waals surface area (Å²) in [5.41, 5.74) is 0.690. The highest BCUT2D eigenvalue weighted by atomic mass is 35.5. The van der Waals surface area contributed by atoms with Crippen LogP contribution in [0.1, 0.15) is 5.82 Å². The maximum Gasteiger partial charge on any atom is 0.323 e. The van der Waals surface area contributed by atoms with Gasteiger partial charge in [-0.3, -0.25) is 4.79 Å². The highest BCUT2D eigenvalue weighted by Gasteiger charge is 2.13. The second-order valence-electron chi connectivity index (χ2n) is 3.58. The van der Waals surface area contributed by atoms with Gasteiger partial charge in [-0.25, -0.2) is 0 Å². The van der Waals surface area contributed by atoms with Crippen molar-refractivity contribution in [2.24, 2.45) is 0 Å². The third-order valence-electron chi connectivity index (χ3n) is 2.24. The lowest BCUT2D eigenvalue weighted by Gasteiger charge is -2.21. The minimum absolute atomic E-state index is 0.172. The third kappa shape index (κ3) is 3.21. The summed E-state index contributed by atoms with van der Waals surface area (Å²) in [5.74, 6) is -0.533. The van der Waals surface area contributed by atoms with Gasteiger partial charge in [-0.15, -0.1) is 0 Å². The van der Waals surface area contributed by atoms with E-state index < -0.39 is 5.97 Å². The zero-order valence-electron chi connectivity index (χ0n) is 9.28. The van der Waals surface area contributed by atoms with E-state index in [4.69, 9.17) is 16.7 Å². The Kier molecular flexibility index (Phi) is 3.78. The van der Waals surface area contributed by atoms with Crippen molar-refractivity contribution in [3.8, 4) is 0 Å². The van der Waals surface area contributed by atoms with E-state index >= 15 is 0 Å². The van der Waals surface area contributed by atoms with Gasteiger partial charge in [0, 0.05) is 10.7 Å². The van der Waals surface area contributed by atoms with Crippen LogP contribution in [0.3, 0.4) is 0 Å².